The SMILES string of the molecule is CCC(O)c1noc(C2COc3ccccc3C2)n1. The third kappa shape index (κ3) is 2.33. The average molecular weight is 260 g/mol. The molecule has 2 aromatic rings. The molecule has 0 fully saturated rings. The summed E-state index contributed by atoms with van der Waals surface area (Å²) in [6.07, 6.45) is 0.734. The third-order valence-corrected chi connectivity index (χ3v) is 3.37. The van der Waals surface area contributed by atoms with Crippen LogP contribution in [-0.4, -0.2) is 21.9 Å². The van der Waals surface area contributed by atoms with E-state index in [9.17, 15) is 5.11 Å². The van der Waals surface area contributed by atoms with Gasteiger partial charge in [0.1, 0.15) is 18.5 Å². The number of hydrogen-bond acceptors (Lipinski definition) is 5. The van der Waals surface area contributed by atoms with Gasteiger partial charge in [0.2, 0.25) is 5.89 Å². The van der Waals surface area contributed by atoms with E-state index in [0.29, 0.717) is 24.7 Å². The Balaban J connectivity index is 1.79. The van der Waals surface area contributed by atoms with Gasteiger partial charge in [-0.1, -0.05) is 30.3 Å². The van der Waals surface area contributed by atoms with Crippen LogP contribution < -0.4 is 4.74 Å². The predicted molar refractivity (Wildman–Crippen MR) is 67.9 cm³/mol. The maximum atomic E-state index is 9.68. The first-order valence-electron chi connectivity index (χ1n) is 6.50. The fraction of sp³-hybridized carbons (Fsp3) is 0.429. The number of aromatic nitrogens is 2. The molecular formula is C14H16N2O3. The minimum Gasteiger partial charge on any atom is -0.492 e. The van der Waals surface area contributed by atoms with Crippen molar-refractivity contribution in [3.05, 3.63) is 41.5 Å². The Hall–Kier alpha value is -1.88. The van der Waals surface area contributed by atoms with Gasteiger partial charge >= 0.3 is 0 Å². The van der Waals surface area contributed by atoms with E-state index >= 15 is 0 Å². The summed E-state index contributed by atoms with van der Waals surface area (Å²) in [6.45, 7) is 2.40. The van der Waals surface area contributed by atoms with Gasteiger partial charge in [0.15, 0.2) is 5.82 Å². The van der Waals surface area contributed by atoms with Crippen molar-refractivity contribution in [2.75, 3.05) is 6.61 Å². The van der Waals surface area contributed by atoms with E-state index in [4.69, 9.17) is 9.26 Å². The molecule has 5 nitrogen and oxygen atoms in total. The van der Waals surface area contributed by atoms with E-state index in [2.05, 4.69) is 10.1 Å². The van der Waals surface area contributed by atoms with Crippen LogP contribution in [0.2, 0.25) is 0 Å². The second kappa shape index (κ2) is 5.01. The van der Waals surface area contributed by atoms with Gasteiger partial charge in [0, 0.05) is 0 Å². The lowest BCUT2D eigenvalue weighted by atomic mass is 9.97. The van der Waals surface area contributed by atoms with Crippen LogP contribution in [-0.2, 0) is 6.42 Å². The molecule has 0 amide bonds. The minimum atomic E-state index is -0.658. The number of ether oxygens (including phenoxy) is 1. The second-order valence-corrected chi connectivity index (χ2v) is 4.73. The molecule has 0 radical (unpaired) electrons. The fourth-order valence-electron chi connectivity index (χ4n) is 2.22. The van der Waals surface area contributed by atoms with Gasteiger partial charge in [0.05, 0.1) is 5.92 Å². The van der Waals surface area contributed by atoms with Crippen molar-refractivity contribution < 1.29 is 14.4 Å². The highest BCUT2D eigenvalue weighted by Gasteiger charge is 2.26. The Kier molecular flexibility index (Phi) is 3.21. The summed E-state index contributed by atoms with van der Waals surface area (Å²) in [5.41, 5.74) is 1.15. The molecule has 1 aromatic carbocycles. The zero-order chi connectivity index (χ0) is 13.2. The molecule has 1 aliphatic heterocycles. The van der Waals surface area contributed by atoms with E-state index in [-0.39, 0.29) is 5.92 Å². The lowest BCUT2D eigenvalue weighted by molar-refractivity contribution is 0.159. The van der Waals surface area contributed by atoms with Crippen LogP contribution in [0.25, 0.3) is 0 Å². The maximum absolute atomic E-state index is 9.68. The molecule has 0 saturated carbocycles. The van der Waals surface area contributed by atoms with Crippen LogP contribution >= 0.6 is 0 Å². The number of nitrogens with zero attached hydrogens (tertiary/aromatic N) is 2. The van der Waals surface area contributed by atoms with Crippen molar-refractivity contribution in [3.8, 4) is 5.75 Å². The van der Waals surface area contributed by atoms with Gasteiger partial charge in [-0.05, 0) is 24.5 Å². The Bertz CT molecular complexity index is 567. The molecular weight excluding hydrogens is 244 g/mol. The molecule has 0 aliphatic carbocycles. The maximum Gasteiger partial charge on any atom is 0.233 e. The van der Waals surface area contributed by atoms with Crippen LogP contribution in [0.3, 0.4) is 0 Å². The smallest absolute Gasteiger partial charge is 0.233 e. The van der Waals surface area contributed by atoms with E-state index in [0.717, 1.165) is 17.7 Å². The Morgan fingerprint density at radius 2 is 2.26 bits per heavy atom. The zero-order valence-electron chi connectivity index (χ0n) is 10.7. The largest absolute Gasteiger partial charge is 0.492 e. The third-order valence-electron chi connectivity index (χ3n) is 3.37. The van der Waals surface area contributed by atoms with Crippen molar-refractivity contribution in [1.82, 2.24) is 10.1 Å². The van der Waals surface area contributed by atoms with Gasteiger partial charge in [-0.25, -0.2) is 0 Å². The summed E-state index contributed by atoms with van der Waals surface area (Å²) in [7, 11) is 0. The number of hydrogen-bond donors (Lipinski definition) is 1. The first-order chi connectivity index (χ1) is 9.28. The Morgan fingerprint density at radius 1 is 1.42 bits per heavy atom. The lowest BCUT2D eigenvalue weighted by Crippen LogP contribution is -2.19. The molecule has 5 heteroatoms. The number of fused-ring (bicyclic) bond motifs is 1. The number of rotatable bonds is 3. The molecule has 0 saturated heterocycles. The normalized spacial score (nSPS) is 19.6. The van der Waals surface area contributed by atoms with Gasteiger partial charge in [0.25, 0.3) is 0 Å². The van der Waals surface area contributed by atoms with Crippen LogP contribution in [0, 0.1) is 0 Å². The van der Waals surface area contributed by atoms with Crippen molar-refractivity contribution in [3.63, 3.8) is 0 Å². The summed E-state index contributed by atoms with van der Waals surface area (Å²) in [5, 5.41) is 13.5. The first kappa shape index (κ1) is 12.2. The number of para-hydroxylation sites is 1. The molecule has 3 rings (SSSR count). The van der Waals surface area contributed by atoms with Gasteiger partial charge in [-0.2, -0.15) is 4.98 Å². The summed E-state index contributed by atoms with van der Waals surface area (Å²) < 4.78 is 10.9. The number of aliphatic hydroxyl groups is 1. The lowest BCUT2D eigenvalue weighted by Gasteiger charge is -2.22. The highest BCUT2D eigenvalue weighted by Crippen LogP contribution is 2.31. The summed E-state index contributed by atoms with van der Waals surface area (Å²) in [4.78, 5) is 4.27. The molecule has 0 spiro atoms. The number of benzene rings is 1. The van der Waals surface area contributed by atoms with Crippen molar-refractivity contribution in [2.24, 2.45) is 0 Å². The summed E-state index contributed by atoms with van der Waals surface area (Å²) in [6, 6.07) is 7.96. The van der Waals surface area contributed by atoms with Crippen molar-refractivity contribution in [1.29, 1.82) is 0 Å². The van der Waals surface area contributed by atoms with Gasteiger partial charge in [-0.3, -0.25) is 0 Å². The van der Waals surface area contributed by atoms with Gasteiger partial charge in [-0.15, -0.1) is 0 Å². The van der Waals surface area contributed by atoms with Crippen molar-refractivity contribution in [2.45, 2.75) is 31.8 Å². The van der Waals surface area contributed by atoms with Crippen LogP contribution in [0.5, 0.6) is 5.75 Å². The molecule has 1 aliphatic rings. The molecule has 100 valence electrons. The standard InChI is InChI=1S/C14H16N2O3/c1-2-11(17)13-15-14(19-16-13)10-7-9-5-3-4-6-12(9)18-8-10/h3-6,10-11,17H,2,7-8H2,1H3. The molecule has 1 N–H and O–H groups in total. The molecule has 0 bridgehead atoms. The van der Waals surface area contributed by atoms with E-state index in [1.54, 1.807) is 0 Å². The average Bonchev–Trinajstić information content (AvgIpc) is 2.95. The Morgan fingerprint density at radius 3 is 3.11 bits per heavy atom. The van der Waals surface area contributed by atoms with E-state index < -0.39 is 6.10 Å². The Labute approximate surface area is 111 Å². The monoisotopic (exact) mass is 260 g/mol. The molecule has 19 heavy (non-hydrogen) atoms. The number of aliphatic hydroxyl groups excluding tert-OH is 1. The summed E-state index contributed by atoms with van der Waals surface area (Å²) in [5.74, 6) is 1.88. The highest BCUT2D eigenvalue weighted by atomic mass is 16.5. The second-order valence-electron chi connectivity index (χ2n) is 4.73. The fourth-order valence-corrected chi connectivity index (χ4v) is 2.22. The quantitative estimate of drug-likeness (QED) is 0.916. The first-order valence-corrected chi connectivity index (χ1v) is 6.50. The van der Waals surface area contributed by atoms with E-state index in [1.165, 1.54) is 0 Å². The van der Waals surface area contributed by atoms with Crippen LogP contribution in [0.4, 0.5) is 0 Å². The molecule has 1 aromatic heterocycles. The van der Waals surface area contributed by atoms with Crippen LogP contribution in [0.15, 0.2) is 28.8 Å². The molecule has 2 heterocycles. The van der Waals surface area contributed by atoms with Crippen molar-refractivity contribution >= 4 is 0 Å². The zero-order valence-corrected chi connectivity index (χ0v) is 10.7. The van der Waals surface area contributed by atoms with Crippen LogP contribution in [0.1, 0.15) is 42.6 Å². The minimum absolute atomic E-state index is 0.0557. The van der Waals surface area contributed by atoms with E-state index in [1.807, 2.05) is 31.2 Å². The van der Waals surface area contributed by atoms with Gasteiger partial charge < -0.3 is 14.4 Å². The highest BCUT2D eigenvalue weighted by molar-refractivity contribution is 5.36. The summed E-state index contributed by atoms with van der Waals surface area (Å²) >= 11 is 0. The molecule has 2 unspecified atom stereocenters. The predicted octanol–water partition coefficient (Wildman–Crippen LogP) is 2.23. The molecule has 2 atom stereocenters. The topological polar surface area (TPSA) is 68.4 Å².